The zero-order valence-corrected chi connectivity index (χ0v) is 7.73. The van der Waals surface area contributed by atoms with Crippen molar-refractivity contribution in [2.45, 2.75) is 6.18 Å². The Bertz CT molecular complexity index is 371. The second-order valence-corrected chi connectivity index (χ2v) is 3.10. The minimum Gasteiger partial charge on any atom is -0.204 e. The predicted molar refractivity (Wildman–Crippen MR) is 41.4 cm³/mol. The van der Waals surface area contributed by atoms with Crippen LogP contribution in [0.5, 0.6) is 0 Å². The summed E-state index contributed by atoms with van der Waals surface area (Å²) in [5.74, 6) is -3.28. The summed E-state index contributed by atoms with van der Waals surface area (Å²) in [5.41, 5.74) is -1.50. The van der Waals surface area contributed by atoms with E-state index in [0.29, 0.717) is 0 Å². The van der Waals surface area contributed by atoms with Crippen molar-refractivity contribution in [2.75, 3.05) is 0 Å². The lowest BCUT2D eigenvalue weighted by Gasteiger charge is -2.10. The quantitative estimate of drug-likeness (QED) is 0.366. The van der Waals surface area contributed by atoms with Gasteiger partial charge in [0.25, 0.3) is 0 Å². The Morgan fingerprint density at radius 1 is 1.00 bits per heavy atom. The molecular weight excluding hydrogens is 250 g/mol. The maximum Gasteiger partial charge on any atom is 0.418 e. The van der Waals surface area contributed by atoms with Gasteiger partial charge in [-0.3, -0.25) is 0 Å². The molecule has 1 aromatic rings. The molecule has 0 unspecified atom stereocenters. The average Bonchev–Trinajstić information content (AvgIpc) is 2.06. The summed E-state index contributed by atoms with van der Waals surface area (Å²) in [6.45, 7) is 0. The van der Waals surface area contributed by atoms with E-state index in [0.717, 1.165) is 0 Å². The van der Waals surface area contributed by atoms with Gasteiger partial charge in [0.2, 0.25) is 0 Å². The first-order chi connectivity index (χ1) is 6.25. The first-order valence-electron chi connectivity index (χ1n) is 3.15. The zero-order valence-electron chi connectivity index (χ0n) is 6.22. The van der Waals surface area contributed by atoms with Crippen molar-refractivity contribution in [3.8, 4) is 0 Å². The van der Waals surface area contributed by atoms with Crippen molar-refractivity contribution in [2.24, 2.45) is 0 Å². The van der Waals surface area contributed by atoms with Crippen LogP contribution >= 0.6 is 23.2 Å². The van der Waals surface area contributed by atoms with Crippen LogP contribution in [0.1, 0.15) is 5.56 Å². The van der Waals surface area contributed by atoms with Crippen LogP contribution < -0.4 is 0 Å². The second-order valence-electron chi connectivity index (χ2n) is 2.35. The van der Waals surface area contributed by atoms with Crippen LogP contribution in [0.4, 0.5) is 22.0 Å². The SMILES string of the molecule is Fc1cc(C(F)(F)F)c(Cl)c(Cl)c1F. The van der Waals surface area contributed by atoms with Gasteiger partial charge in [-0.2, -0.15) is 13.2 Å². The van der Waals surface area contributed by atoms with Gasteiger partial charge >= 0.3 is 6.18 Å². The van der Waals surface area contributed by atoms with E-state index in [-0.39, 0.29) is 6.07 Å². The lowest BCUT2D eigenvalue weighted by atomic mass is 10.2. The molecule has 14 heavy (non-hydrogen) atoms. The summed E-state index contributed by atoms with van der Waals surface area (Å²) in [7, 11) is 0. The Kier molecular flexibility index (Phi) is 2.92. The molecule has 78 valence electrons. The topological polar surface area (TPSA) is 0 Å². The van der Waals surface area contributed by atoms with Gasteiger partial charge in [0.15, 0.2) is 11.6 Å². The van der Waals surface area contributed by atoms with Gasteiger partial charge in [-0.25, -0.2) is 8.78 Å². The molecule has 0 heterocycles. The first-order valence-corrected chi connectivity index (χ1v) is 3.91. The minimum absolute atomic E-state index is 0.0381. The van der Waals surface area contributed by atoms with Crippen molar-refractivity contribution in [3.63, 3.8) is 0 Å². The van der Waals surface area contributed by atoms with E-state index >= 15 is 0 Å². The molecule has 0 bridgehead atoms. The zero-order chi connectivity index (χ0) is 11.1. The van der Waals surface area contributed by atoms with Crippen LogP contribution in [-0.4, -0.2) is 0 Å². The highest BCUT2D eigenvalue weighted by molar-refractivity contribution is 6.42. The van der Waals surface area contributed by atoms with E-state index in [4.69, 9.17) is 23.2 Å². The molecule has 0 nitrogen and oxygen atoms in total. The Labute approximate surface area is 85.2 Å². The van der Waals surface area contributed by atoms with Crippen molar-refractivity contribution in [1.29, 1.82) is 0 Å². The largest absolute Gasteiger partial charge is 0.418 e. The molecule has 0 atom stereocenters. The van der Waals surface area contributed by atoms with Crippen molar-refractivity contribution >= 4 is 23.2 Å². The monoisotopic (exact) mass is 250 g/mol. The summed E-state index contributed by atoms with van der Waals surface area (Å²) >= 11 is 10.1. The van der Waals surface area contributed by atoms with E-state index in [1.54, 1.807) is 0 Å². The number of hydrogen-bond donors (Lipinski definition) is 0. The van der Waals surface area contributed by atoms with E-state index in [1.807, 2.05) is 0 Å². The van der Waals surface area contributed by atoms with Gasteiger partial charge in [0, 0.05) is 0 Å². The lowest BCUT2D eigenvalue weighted by Crippen LogP contribution is -2.08. The smallest absolute Gasteiger partial charge is 0.204 e. The predicted octanol–water partition coefficient (Wildman–Crippen LogP) is 4.29. The van der Waals surface area contributed by atoms with Crippen molar-refractivity contribution in [1.82, 2.24) is 0 Å². The third-order valence-corrected chi connectivity index (χ3v) is 2.25. The molecule has 1 aromatic carbocycles. The van der Waals surface area contributed by atoms with Crippen molar-refractivity contribution < 1.29 is 22.0 Å². The minimum atomic E-state index is -4.87. The highest BCUT2D eigenvalue weighted by Gasteiger charge is 2.36. The highest BCUT2D eigenvalue weighted by atomic mass is 35.5. The van der Waals surface area contributed by atoms with Crippen LogP contribution in [0, 0.1) is 11.6 Å². The van der Waals surface area contributed by atoms with Gasteiger partial charge in [-0.05, 0) is 6.07 Å². The Morgan fingerprint density at radius 2 is 1.50 bits per heavy atom. The summed E-state index contributed by atoms with van der Waals surface area (Å²) in [6.07, 6.45) is -4.87. The third-order valence-electron chi connectivity index (χ3n) is 1.41. The van der Waals surface area contributed by atoms with E-state index < -0.39 is 33.4 Å². The average molecular weight is 251 g/mol. The maximum atomic E-state index is 12.6. The number of halogens is 7. The van der Waals surface area contributed by atoms with Gasteiger partial charge in [-0.15, -0.1) is 0 Å². The molecule has 0 N–H and O–H groups in total. The Balaban J connectivity index is 3.49. The second kappa shape index (κ2) is 3.55. The Morgan fingerprint density at radius 3 is 1.93 bits per heavy atom. The molecule has 0 fully saturated rings. The van der Waals surface area contributed by atoms with E-state index in [1.165, 1.54) is 0 Å². The molecule has 7 heteroatoms. The van der Waals surface area contributed by atoms with Crippen LogP contribution in [0.15, 0.2) is 6.07 Å². The van der Waals surface area contributed by atoms with Gasteiger partial charge < -0.3 is 0 Å². The third kappa shape index (κ3) is 1.93. The summed E-state index contributed by atoms with van der Waals surface area (Å²) < 4.78 is 61.5. The van der Waals surface area contributed by atoms with Crippen molar-refractivity contribution in [3.05, 3.63) is 33.3 Å². The fourth-order valence-electron chi connectivity index (χ4n) is 0.779. The fourth-order valence-corrected chi connectivity index (χ4v) is 1.22. The lowest BCUT2D eigenvalue weighted by molar-refractivity contribution is -0.137. The van der Waals surface area contributed by atoms with Crippen LogP contribution in [-0.2, 0) is 6.18 Å². The van der Waals surface area contributed by atoms with Gasteiger partial charge in [-0.1, -0.05) is 23.2 Å². The Hall–Kier alpha value is -0.550. The summed E-state index contributed by atoms with van der Waals surface area (Å²) in [6, 6.07) is -0.0381. The molecule has 0 aliphatic rings. The van der Waals surface area contributed by atoms with Gasteiger partial charge in [0.1, 0.15) is 0 Å². The van der Waals surface area contributed by atoms with Crippen LogP contribution in [0.3, 0.4) is 0 Å². The molecular formula is C7HCl2F5. The number of rotatable bonds is 0. The van der Waals surface area contributed by atoms with Crippen LogP contribution in [0.2, 0.25) is 10.0 Å². The van der Waals surface area contributed by atoms with E-state index in [9.17, 15) is 22.0 Å². The summed E-state index contributed by atoms with van der Waals surface area (Å²) in [4.78, 5) is 0. The fraction of sp³-hybridized carbons (Fsp3) is 0.143. The van der Waals surface area contributed by atoms with Crippen LogP contribution in [0.25, 0.3) is 0 Å². The molecule has 0 aliphatic heterocycles. The molecule has 0 amide bonds. The molecule has 0 saturated heterocycles. The number of benzene rings is 1. The molecule has 1 rings (SSSR count). The standard InChI is InChI=1S/C7HCl2F5/c8-4-2(7(12,13)14)1-3(10)6(11)5(4)9/h1H. The molecule has 0 radical (unpaired) electrons. The van der Waals surface area contributed by atoms with Gasteiger partial charge in [0.05, 0.1) is 15.6 Å². The normalized spacial score (nSPS) is 11.9. The molecule has 0 saturated carbocycles. The molecule has 0 aromatic heterocycles. The summed E-state index contributed by atoms with van der Waals surface area (Å²) in [5, 5.41) is -2.11. The molecule has 0 aliphatic carbocycles. The first kappa shape index (κ1) is 11.5. The number of alkyl halides is 3. The number of hydrogen-bond acceptors (Lipinski definition) is 0. The van der Waals surface area contributed by atoms with E-state index in [2.05, 4.69) is 0 Å². The molecule has 0 spiro atoms. The highest BCUT2D eigenvalue weighted by Crippen LogP contribution is 2.39. The maximum absolute atomic E-state index is 12.6.